The van der Waals surface area contributed by atoms with Gasteiger partial charge in [0.15, 0.2) is 0 Å². The predicted molar refractivity (Wildman–Crippen MR) is 77.9 cm³/mol. The molecule has 2 unspecified atom stereocenters. The van der Waals surface area contributed by atoms with Gasteiger partial charge in [-0.15, -0.1) is 0 Å². The molecule has 0 aromatic carbocycles. The normalized spacial score (nSPS) is 24.2. The maximum absolute atomic E-state index is 5.78. The van der Waals surface area contributed by atoms with E-state index >= 15 is 0 Å². The maximum atomic E-state index is 5.78. The molecule has 108 valence electrons. The van der Waals surface area contributed by atoms with Crippen LogP contribution in [0.25, 0.3) is 0 Å². The van der Waals surface area contributed by atoms with Crippen LogP contribution < -0.4 is 5.32 Å². The molecule has 0 aromatic rings. The van der Waals surface area contributed by atoms with Gasteiger partial charge >= 0.3 is 0 Å². The molecule has 2 atom stereocenters. The first kappa shape index (κ1) is 15.9. The molecule has 0 spiro atoms. The molecule has 0 saturated carbocycles. The van der Waals surface area contributed by atoms with Crippen LogP contribution in [0.4, 0.5) is 0 Å². The Morgan fingerprint density at radius 2 is 1.83 bits per heavy atom. The van der Waals surface area contributed by atoms with E-state index in [9.17, 15) is 0 Å². The second kappa shape index (κ2) is 6.88. The summed E-state index contributed by atoms with van der Waals surface area (Å²) < 4.78 is 5.78. The monoisotopic (exact) mass is 256 g/mol. The van der Waals surface area contributed by atoms with Crippen molar-refractivity contribution in [2.24, 2.45) is 11.8 Å². The zero-order valence-electron chi connectivity index (χ0n) is 13.1. The molecule has 3 heteroatoms. The largest absolute Gasteiger partial charge is 0.373 e. The van der Waals surface area contributed by atoms with E-state index in [1.807, 2.05) is 0 Å². The highest BCUT2D eigenvalue weighted by molar-refractivity contribution is 4.84. The summed E-state index contributed by atoms with van der Waals surface area (Å²) in [5.41, 5.74) is 0.0115. The van der Waals surface area contributed by atoms with Crippen molar-refractivity contribution in [3.8, 4) is 0 Å². The van der Waals surface area contributed by atoms with Gasteiger partial charge in [-0.3, -0.25) is 4.90 Å². The van der Waals surface area contributed by atoms with Crippen LogP contribution in [0.2, 0.25) is 0 Å². The Bertz CT molecular complexity index is 241. The smallest absolute Gasteiger partial charge is 0.0753 e. The van der Waals surface area contributed by atoms with E-state index in [1.165, 1.54) is 0 Å². The molecule has 0 amide bonds. The van der Waals surface area contributed by atoms with Gasteiger partial charge < -0.3 is 10.1 Å². The fourth-order valence-electron chi connectivity index (χ4n) is 2.53. The molecule has 1 heterocycles. The SMILES string of the molecule is CC(C)CNCC(C)C(C)N1CCOC(C)(C)C1. The summed E-state index contributed by atoms with van der Waals surface area (Å²) in [6.45, 7) is 18.8. The summed E-state index contributed by atoms with van der Waals surface area (Å²) in [6.07, 6.45) is 0. The molecule has 18 heavy (non-hydrogen) atoms. The Labute approximate surface area is 113 Å². The Morgan fingerprint density at radius 3 is 2.39 bits per heavy atom. The Hall–Kier alpha value is -0.120. The summed E-state index contributed by atoms with van der Waals surface area (Å²) in [5, 5.41) is 3.57. The molecule has 1 aliphatic rings. The van der Waals surface area contributed by atoms with Crippen LogP contribution in [0.3, 0.4) is 0 Å². The first-order valence-corrected chi connectivity index (χ1v) is 7.40. The van der Waals surface area contributed by atoms with Crippen LogP contribution in [-0.4, -0.2) is 49.3 Å². The molecule has 1 rings (SSSR count). The standard InChI is InChI=1S/C15H32N2O/c1-12(2)9-16-10-13(3)14(4)17-7-8-18-15(5,6)11-17/h12-14,16H,7-11H2,1-6H3. The first-order valence-electron chi connectivity index (χ1n) is 7.40. The molecule has 0 aromatic heterocycles. The van der Waals surface area contributed by atoms with Crippen molar-refractivity contribution in [1.82, 2.24) is 10.2 Å². The second-order valence-corrected chi connectivity index (χ2v) is 6.85. The third-order valence-corrected chi connectivity index (χ3v) is 3.87. The minimum Gasteiger partial charge on any atom is -0.373 e. The van der Waals surface area contributed by atoms with E-state index in [0.29, 0.717) is 12.0 Å². The zero-order valence-corrected chi connectivity index (χ0v) is 13.1. The minimum absolute atomic E-state index is 0.0115. The number of ether oxygens (including phenoxy) is 1. The van der Waals surface area contributed by atoms with Crippen LogP contribution in [-0.2, 0) is 4.74 Å². The van der Waals surface area contributed by atoms with Gasteiger partial charge in [0.25, 0.3) is 0 Å². The lowest BCUT2D eigenvalue weighted by Crippen LogP contribution is -2.53. The Morgan fingerprint density at radius 1 is 1.17 bits per heavy atom. The third kappa shape index (κ3) is 5.25. The summed E-state index contributed by atoms with van der Waals surface area (Å²) >= 11 is 0. The van der Waals surface area contributed by atoms with Gasteiger partial charge in [0.1, 0.15) is 0 Å². The van der Waals surface area contributed by atoms with Gasteiger partial charge in [0.05, 0.1) is 12.2 Å². The van der Waals surface area contributed by atoms with Gasteiger partial charge in [-0.05, 0) is 45.7 Å². The highest BCUT2D eigenvalue weighted by Gasteiger charge is 2.31. The van der Waals surface area contributed by atoms with Crippen molar-refractivity contribution >= 4 is 0 Å². The van der Waals surface area contributed by atoms with Crippen molar-refractivity contribution in [3.63, 3.8) is 0 Å². The van der Waals surface area contributed by atoms with Gasteiger partial charge in [0, 0.05) is 19.1 Å². The van der Waals surface area contributed by atoms with Crippen molar-refractivity contribution in [1.29, 1.82) is 0 Å². The van der Waals surface area contributed by atoms with Crippen LogP contribution in [0.15, 0.2) is 0 Å². The molecule has 3 nitrogen and oxygen atoms in total. The van der Waals surface area contributed by atoms with Crippen molar-refractivity contribution < 1.29 is 4.74 Å². The molecular formula is C15H32N2O. The third-order valence-electron chi connectivity index (χ3n) is 3.87. The number of morpholine rings is 1. The molecule has 1 N–H and O–H groups in total. The molecule has 1 aliphatic heterocycles. The number of nitrogens with zero attached hydrogens (tertiary/aromatic N) is 1. The van der Waals surface area contributed by atoms with E-state index in [2.05, 4.69) is 51.8 Å². The lowest BCUT2D eigenvalue weighted by Gasteiger charge is -2.43. The van der Waals surface area contributed by atoms with Crippen LogP contribution in [0, 0.1) is 11.8 Å². The average molecular weight is 256 g/mol. The van der Waals surface area contributed by atoms with Crippen molar-refractivity contribution in [2.45, 2.75) is 53.2 Å². The van der Waals surface area contributed by atoms with E-state index < -0.39 is 0 Å². The molecule has 0 aliphatic carbocycles. The second-order valence-electron chi connectivity index (χ2n) is 6.85. The summed E-state index contributed by atoms with van der Waals surface area (Å²) in [7, 11) is 0. The number of nitrogens with one attached hydrogen (secondary N) is 1. The van der Waals surface area contributed by atoms with Gasteiger partial charge in [-0.1, -0.05) is 20.8 Å². The van der Waals surface area contributed by atoms with Gasteiger partial charge in [0.2, 0.25) is 0 Å². The Balaban J connectivity index is 2.35. The quantitative estimate of drug-likeness (QED) is 0.789. The molecule has 0 bridgehead atoms. The van der Waals surface area contributed by atoms with E-state index in [4.69, 9.17) is 4.74 Å². The van der Waals surface area contributed by atoms with Crippen molar-refractivity contribution in [2.75, 3.05) is 32.8 Å². The average Bonchev–Trinajstić information content (AvgIpc) is 2.26. The summed E-state index contributed by atoms with van der Waals surface area (Å²) in [5.74, 6) is 1.41. The number of hydrogen-bond acceptors (Lipinski definition) is 3. The van der Waals surface area contributed by atoms with E-state index in [0.717, 1.165) is 38.7 Å². The Kier molecular flexibility index (Phi) is 6.09. The van der Waals surface area contributed by atoms with Crippen molar-refractivity contribution in [3.05, 3.63) is 0 Å². The lowest BCUT2D eigenvalue weighted by atomic mass is 9.98. The fraction of sp³-hybridized carbons (Fsp3) is 1.00. The first-order chi connectivity index (χ1) is 8.32. The topological polar surface area (TPSA) is 24.5 Å². The van der Waals surface area contributed by atoms with Crippen LogP contribution >= 0.6 is 0 Å². The minimum atomic E-state index is 0.0115. The maximum Gasteiger partial charge on any atom is 0.0753 e. The highest BCUT2D eigenvalue weighted by atomic mass is 16.5. The number of hydrogen-bond donors (Lipinski definition) is 1. The van der Waals surface area contributed by atoms with Gasteiger partial charge in [-0.25, -0.2) is 0 Å². The van der Waals surface area contributed by atoms with Gasteiger partial charge in [-0.2, -0.15) is 0 Å². The van der Waals surface area contributed by atoms with E-state index in [1.54, 1.807) is 0 Å². The zero-order chi connectivity index (χ0) is 13.8. The molecule has 1 fully saturated rings. The summed E-state index contributed by atoms with van der Waals surface area (Å²) in [4.78, 5) is 2.57. The molecule has 1 saturated heterocycles. The fourth-order valence-corrected chi connectivity index (χ4v) is 2.53. The van der Waals surface area contributed by atoms with Crippen LogP contribution in [0.1, 0.15) is 41.5 Å². The summed E-state index contributed by atoms with van der Waals surface area (Å²) in [6, 6.07) is 0.618. The van der Waals surface area contributed by atoms with Crippen LogP contribution in [0.5, 0.6) is 0 Å². The predicted octanol–water partition coefficient (Wildman–Crippen LogP) is 2.37. The van der Waals surface area contributed by atoms with E-state index in [-0.39, 0.29) is 5.60 Å². The molecular weight excluding hydrogens is 224 g/mol. The highest BCUT2D eigenvalue weighted by Crippen LogP contribution is 2.21. The lowest BCUT2D eigenvalue weighted by molar-refractivity contribution is -0.0999. The number of rotatable bonds is 6. The molecule has 0 radical (unpaired) electrons.